The van der Waals surface area contributed by atoms with Crippen molar-refractivity contribution in [1.29, 1.82) is 0 Å². The fraction of sp³-hybridized carbons (Fsp3) is 0.333. The van der Waals surface area contributed by atoms with Gasteiger partial charge in [-0.1, -0.05) is 26.0 Å². The van der Waals surface area contributed by atoms with Crippen LogP contribution in [0.3, 0.4) is 0 Å². The van der Waals surface area contributed by atoms with E-state index in [1.54, 1.807) is 0 Å². The van der Waals surface area contributed by atoms with Crippen LogP contribution in [0.1, 0.15) is 33.3 Å². The number of allylic oxidation sites excluding steroid dienone is 9. The highest BCUT2D eigenvalue weighted by Crippen LogP contribution is 2.41. The standard InChI is InChI=1S/C24H28N/c1-16(2)20-10-7-17(3)24-21(13-18(4)23(24)15-20)14-19-8-11-22(12-9-19)25(5)6/h7-12,14-16,23H,1-6H3/q+1. The van der Waals surface area contributed by atoms with E-state index in [0.717, 1.165) is 0 Å². The lowest BCUT2D eigenvalue weighted by atomic mass is 9.90. The average molecular weight is 330 g/mol. The fourth-order valence-corrected chi connectivity index (χ4v) is 3.50. The second kappa shape index (κ2) is 6.86. The van der Waals surface area contributed by atoms with Crippen LogP contribution >= 0.6 is 0 Å². The van der Waals surface area contributed by atoms with Gasteiger partial charge in [-0.15, -0.1) is 0 Å². The number of benzene rings is 1. The Morgan fingerprint density at radius 3 is 2.32 bits per heavy atom. The van der Waals surface area contributed by atoms with Crippen molar-refractivity contribution in [1.82, 2.24) is 0 Å². The molecule has 1 aromatic rings. The molecule has 0 amide bonds. The van der Waals surface area contributed by atoms with Crippen LogP contribution in [-0.2, 0) is 0 Å². The minimum absolute atomic E-state index is 0.361. The molecule has 1 heteroatoms. The fourth-order valence-electron chi connectivity index (χ4n) is 3.50. The third-order valence-electron chi connectivity index (χ3n) is 5.10. The zero-order valence-corrected chi connectivity index (χ0v) is 16.2. The molecule has 2 aliphatic carbocycles. The van der Waals surface area contributed by atoms with Crippen molar-refractivity contribution in [2.45, 2.75) is 27.7 Å². The molecule has 1 nitrogen and oxygen atoms in total. The Labute approximate surface area is 152 Å². The summed E-state index contributed by atoms with van der Waals surface area (Å²) in [6, 6.07) is 8.70. The Bertz CT molecular complexity index is 808. The van der Waals surface area contributed by atoms with Crippen LogP contribution in [0.2, 0.25) is 0 Å². The van der Waals surface area contributed by atoms with Gasteiger partial charge in [0.1, 0.15) is 0 Å². The molecule has 0 N–H and O–H groups in total. The molecule has 0 spiro atoms. The molecule has 3 rings (SSSR count). The lowest BCUT2D eigenvalue weighted by Gasteiger charge is -2.11. The van der Waals surface area contributed by atoms with Crippen LogP contribution in [0.4, 0.5) is 5.69 Å². The quantitative estimate of drug-likeness (QED) is 0.616. The normalized spacial score (nSPS) is 21.1. The van der Waals surface area contributed by atoms with E-state index in [4.69, 9.17) is 0 Å². The zero-order valence-electron chi connectivity index (χ0n) is 16.2. The maximum absolute atomic E-state index is 3.63. The summed E-state index contributed by atoms with van der Waals surface area (Å²) in [5, 5.41) is 0. The summed E-state index contributed by atoms with van der Waals surface area (Å²) >= 11 is 0. The van der Waals surface area contributed by atoms with Gasteiger partial charge in [-0.25, -0.2) is 0 Å². The molecule has 0 radical (unpaired) electrons. The lowest BCUT2D eigenvalue weighted by Crippen LogP contribution is -2.07. The largest absolute Gasteiger partial charge is 0.378 e. The van der Waals surface area contributed by atoms with E-state index in [1.807, 2.05) is 0 Å². The highest BCUT2D eigenvalue weighted by molar-refractivity contribution is 5.69. The van der Waals surface area contributed by atoms with Crippen LogP contribution in [0, 0.1) is 17.9 Å². The average Bonchev–Trinajstić information content (AvgIpc) is 2.75. The molecule has 2 aliphatic rings. The molecule has 1 atom stereocenters. The van der Waals surface area contributed by atoms with Crippen molar-refractivity contribution in [3.05, 3.63) is 82.0 Å². The third kappa shape index (κ3) is 3.52. The predicted octanol–water partition coefficient (Wildman–Crippen LogP) is 5.98. The van der Waals surface area contributed by atoms with Crippen molar-refractivity contribution in [3.8, 4) is 0 Å². The molecule has 0 heterocycles. The molecular weight excluding hydrogens is 302 g/mol. The lowest BCUT2D eigenvalue weighted by molar-refractivity contribution is 0.775. The Hall–Kier alpha value is -2.37. The highest BCUT2D eigenvalue weighted by Gasteiger charge is 2.36. The van der Waals surface area contributed by atoms with Crippen LogP contribution in [-0.4, -0.2) is 14.1 Å². The predicted molar refractivity (Wildman–Crippen MR) is 109 cm³/mol. The summed E-state index contributed by atoms with van der Waals surface area (Å²) in [5.74, 6) is 0.905. The first-order chi connectivity index (χ1) is 11.9. The molecule has 1 aromatic carbocycles. The first kappa shape index (κ1) is 17.5. The Morgan fingerprint density at radius 1 is 1.04 bits per heavy atom. The van der Waals surface area contributed by atoms with Gasteiger partial charge in [-0.3, -0.25) is 0 Å². The molecule has 0 fully saturated rings. The topological polar surface area (TPSA) is 3.24 Å². The van der Waals surface area contributed by atoms with Gasteiger partial charge < -0.3 is 4.90 Å². The summed E-state index contributed by atoms with van der Waals surface area (Å²) in [5.41, 5.74) is 9.15. The number of hydrogen-bond acceptors (Lipinski definition) is 1. The molecular formula is C24H28N+. The van der Waals surface area contributed by atoms with E-state index >= 15 is 0 Å². The molecule has 25 heavy (non-hydrogen) atoms. The summed E-state index contributed by atoms with van der Waals surface area (Å²) in [4.78, 5) is 2.12. The number of hydrogen-bond donors (Lipinski definition) is 0. The van der Waals surface area contributed by atoms with Gasteiger partial charge in [0.25, 0.3) is 0 Å². The SMILES string of the molecule is CC1=[C+]C(=Cc2ccc(N(C)C)cc2)C2=C(C)C=CC(C(C)C)=CC12. The smallest absolute Gasteiger partial charge is 0.193 e. The maximum Gasteiger partial charge on any atom is 0.193 e. The van der Waals surface area contributed by atoms with E-state index in [9.17, 15) is 0 Å². The number of nitrogens with zero attached hydrogens (tertiary/aromatic N) is 1. The van der Waals surface area contributed by atoms with E-state index < -0.39 is 0 Å². The van der Waals surface area contributed by atoms with Crippen molar-refractivity contribution in [3.63, 3.8) is 0 Å². The first-order valence-corrected chi connectivity index (χ1v) is 9.07. The number of fused-ring (bicyclic) bond motifs is 1. The Kier molecular flexibility index (Phi) is 4.79. The van der Waals surface area contributed by atoms with E-state index in [0.29, 0.717) is 11.8 Å². The van der Waals surface area contributed by atoms with Gasteiger partial charge >= 0.3 is 0 Å². The molecule has 0 aliphatic heterocycles. The second-order valence-electron chi connectivity index (χ2n) is 7.58. The van der Waals surface area contributed by atoms with Crippen LogP contribution in [0.5, 0.6) is 0 Å². The van der Waals surface area contributed by atoms with E-state index in [1.165, 1.54) is 39.1 Å². The summed E-state index contributed by atoms with van der Waals surface area (Å²) < 4.78 is 0. The number of rotatable bonds is 3. The van der Waals surface area contributed by atoms with Crippen LogP contribution in [0.25, 0.3) is 6.08 Å². The minimum Gasteiger partial charge on any atom is -0.378 e. The van der Waals surface area contributed by atoms with Crippen molar-refractivity contribution in [2.75, 3.05) is 19.0 Å². The van der Waals surface area contributed by atoms with Gasteiger partial charge in [0.05, 0.1) is 23.1 Å². The van der Waals surface area contributed by atoms with Crippen molar-refractivity contribution >= 4 is 11.8 Å². The molecule has 0 saturated heterocycles. The van der Waals surface area contributed by atoms with Gasteiger partial charge in [0.15, 0.2) is 5.57 Å². The Morgan fingerprint density at radius 2 is 1.72 bits per heavy atom. The summed E-state index contributed by atoms with van der Waals surface area (Å²) in [7, 11) is 4.14. The molecule has 0 saturated carbocycles. The zero-order chi connectivity index (χ0) is 18.1. The van der Waals surface area contributed by atoms with E-state index in [2.05, 4.69) is 101 Å². The van der Waals surface area contributed by atoms with Crippen LogP contribution < -0.4 is 4.90 Å². The highest BCUT2D eigenvalue weighted by atomic mass is 15.1. The summed E-state index contributed by atoms with van der Waals surface area (Å²) in [6.45, 7) is 8.95. The van der Waals surface area contributed by atoms with Crippen LogP contribution in [0.15, 0.2) is 70.4 Å². The molecule has 1 unspecified atom stereocenters. The molecule has 0 bridgehead atoms. The Balaban J connectivity index is 2.00. The molecule has 128 valence electrons. The number of anilines is 1. The van der Waals surface area contributed by atoms with Crippen molar-refractivity contribution < 1.29 is 0 Å². The van der Waals surface area contributed by atoms with Crippen molar-refractivity contribution in [2.24, 2.45) is 11.8 Å². The third-order valence-corrected chi connectivity index (χ3v) is 5.10. The minimum atomic E-state index is 0.361. The summed E-state index contributed by atoms with van der Waals surface area (Å²) in [6.07, 6.45) is 12.9. The maximum atomic E-state index is 3.63. The van der Waals surface area contributed by atoms with Gasteiger partial charge in [-0.05, 0) is 55.7 Å². The second-order valence-corrected chi connectivity index (χ2v) is 7.58. The first-order valence-electron chi connectivity index (χ1n) is 9.07. The van der Waals surface area contributed by atoms with Gasteiger partial charge in [0.2, 0.25) is 0 Å². The van der Waals surface area contributed by atoms with Gasteiger partial charge in [-0.2, -0.15) is 0 Å². The monoisotopic (exact) mass is 330 g/mol. The molecule has 0 aromatic heterocycles. The van der Waals surface area contributed by atoms with E-state index in [-0.39, 0.29) is 0 Å². The van der Waals surface area contributed by atoms with Gasteiger partial charge in [0, 0.05) is 37.0 Å².